The first kappa shape index (κ1) is 14.9. The highest BCUT2D eigenvalue weighted by atomic mass is 35.5. The Bertz CT molecular complexity index is 389. The molecule has 1 rings (SSSR count). The van der Waals surface area contributed by atoms with Gasteiger partial charge in [-0.15, -0.1) is 0 Å². The van der Waals surface area contributed by atoms with E-state index >= 15 is 0 Å². The van der Waals surface area contributed by atoms with Gasteiger partial charge in [-0.3, -0.25) is 4.79 Å². The van der Waals surface area contributed by atoms with E-state index in [2.05, 4.69) is 20.2 Å². The lowest BCUT2D eigenvalue weighted by atomic mass is 10.3. The maximum Gasteiger partial charge on any atom is 0.270 e. The minimum atomic E-state index is -0.202. The molecular formula is C12H19ClN4O. The van der Waals surface area contributed by atoms with E-state index in [1.165, 1.54) is 0 Å². The normalized spacial score (nSPS) is 10.7. The van der Waals surface area contributed by atoms with Crippen LogP contribution < -0.4 is 5.32 Å². The van der Waals surface area contributed by atoms with Gasteiger partial charge in [0.05, 0.1) is 0 Å². The summed E-state index contributed by atoms with van der Waals surface area (Å²) in [4.78, 5) is 21.7. The third kappa shape index (κ3) is 5.42. The van der Waals surface area contributed by atoms with E-state index in [1.807, 2.05) is 14.1 Å². The maximum atomic E-state index is 11.8. The summed E-state index contributed by atoms with van der Waals surface area (Å²) in [7, 11) is 4.06. The number of hydrogen-bond donors (Lipinski definition) is 1. The lowest BCUT2D eigenvalue weighted by Crippen LogP contribution is -2.26. The zero-order valence-electron chi connectivity index (χ0n) is 11.0. The minimum Gasteiger partial charge on any atom is -0.351 e. The second kappa shape index (κ2) is 7.28. The van der Waals surface area contributed by atoms with E-state index in [9.17, 15) is 4.79 Å². The van der Waals surface area contributed by atoms with E-state index in [0.717, 1.165) is 19.4 Å². The number of aromatic nitrogens is 2. The molecule has 100 valence electrons. The van der Waals surface area contributed by atoms with Crippen LogP contribution in [-0.4, -0.2) is 48.0 Å². The molecule has 1 N–H and O–H groups in total. The Balaban J connectivity index is 2.36. The molecule has 0 aliphatic heterocycles. The number of nitrogens with one attached hydrogen (secondary N) is 1. The Hall–Kier alpha value is -1.20. The van der Waals surface area contributed by atoms with Crippen LogP contribution in [0.5, 0.6) is 0 Å². The van der Waals surface area contributed by atoms with Gasteiger partial charge in [0.1, 0.15) is 5.69 Å². The van der Waals surface area contributed by atoms with Gasteiger partial charge in [0.2, 0.25) is 5.28 Å². The number of amides is 1. The zero-order chi connectivity index (χ0) is 13.5. The van der Waals surface area contributed by atoms with Gasteiger partial charge in [0.25, 0.3) is 5.91 Å². The van der Waals surface area contributed by atoms with Crippen LogP contribution in [0.3, 0.4) is 0 Å². The van der Waals surface area contributed by atoms with Crippen molar-refractivity contribution in [2.24, 2.45) is 0 Å². The van der Waals surface area contributed by atoms with Gasteiger partial charge < -0.3 is 10.2 Å². The highest BCUT2D eigenvalue weighted by Crippen LogP contribution is 2.05. The molecule has 6 heteroatoms. The average molecular weight is 271 g/mol. The molecule has 1 aromatic heterocycles. The fourth-order valence-corrected chi connectivity index (χ4v) is 1.72. The monoisotopic (exact) mass is 270 g/mol. The van der Waals surface area contributed by atoms with Crippen LogP contribution in [0.4, 0.5) is 0 Å². The Morgan fingerprint density at radius 2 is 2.11 bits per heavy atom. The van der Waals surface area contributed by atoms with Gasteiger partial charge in [-0.25, -0.2) is 9.97 Å². The summed E-state index contributed by atoms with van der Waals surface area (Å²) < 4.78 is 0. The Kier molecular flexibility index (Phi) is 6.01. The lowest BCUT2D eigenvalue weighted by Gasteiger charge is -2.09. The number of halogens is 1. The van der Waals surface area contributed by atoms with Crippen LogP contribution in [0.2, 0.25) is 5.28 Å². The van der Waals surface area contributed by atoms with Crippen LogP contribution in [0.1, 0.15) is 29.0 Å². The molecule has 1 heterocycles. The molecule has 0 aromatic carbocycles. The average Bonchev–Trinajstić information content (AvgIpc) is 2.26. The van der Waals surface area contributed by atoms with Crippen molar-refractivity contribution in [3.8, 4) is 0 Å². The van der Waals surface area contributed by atoms with Crippen molar-refractivity contribution >= 4 is 17.5 Å². The summed E-state index contributed by atoms with van der Waals surface area (Å²) in [6.45, 7) is 3.45. The van der Waals surface area contributed by atoms with E-state index in [-0.39, 0.29) is 11.2 Å². The predicted octanol–water partition coefficient (Wildman–Crippen LogP) is 1.51. The van der Waals surface area contributed by atoms with Crippen LogP contribution in [0.15, 0.2) is 6.07 Å². The van der Waals surface area contributed by atoms with Gasteiger partial charge in [0, 0.05) is 12.2 Å². The Morgan fingerprint density at radius 1 is 1.39 bits per heavy atom. The van der Waals surface area contributed by atoms with Crippen molar-refractivity contribution in [3.05, 3.63) is 22.7 Å². The lowest BCUT2D eigenvalue weighted by molar-refractivity contribution is 0.0947. The standard InChI is InChI=1S/C12H19ClN4O/c1-9-8-10(16-12(13)15-9)11(18)14-6-4-5-7-17(2)3/h8H,4-7H2,1-3H3,(H,14,18). The second-order valence-corrected chi connectivity index (χ2v) is 4.77. The third-order valence-corrected chi connectivity index (χ3v) is 2.55. The zero-order valence-corrected chi connectivity index (χ0v) is 11.8. The highest BCUT2D eigenvalue weighted by molar-refractivity contribution is 6.28. The van der Waals surface area contributed by atoms with Gasteiger partial charge >= 0.3 is 0 Å². The Labute approximate surface area is 113 Å². The third-order valence-electron chi connectivity index (χ3n) is 2.38. The van der Waals surface area contributed by atoms with E-state index in [1.54, 1.807) is 13.0 Å². The number of unbranched alkanes of at least 4 members (excludes halogenated alkanes) is 1. The summed E-state index contributed by atoms with van der Waals surface area (Å²) in [6.07, 6.45) is 2.00. The van der Waals surface area contributed by atoms with Crippen molar-refractivity contribution in [1.82, 2.24) is 20.2 Å². The number of hydrogen-bond acceptors (Lipinski definition) is 4. The maximum absolute atomic E-state index is 11.8. The van der Waals surface area contributed by atoms with Gasteiger partial charge in [-0.2, -0.15) is 0 Å². The van der Waals surface area contributed by atoms with Crippen molar-refractivity contribution in [3.63, 3.8) is 0 Å². The number of rotatable bonds is 6. The first-order valence-electron chi connectivity index (χ1n) is 5.93. The molecule has 0 saturated heterocycles. The van der Waals surface area contributed by atoms with Crippen LogP contribution in [0.25, 0.3) is 0 Å². The quantitative estimate of drug-likeness (QED) is 0.629. The Morgan fingerprint density at radius 3 is 2.72 bits per heavy atom. The van der Waals surface area contributed by atoms with Crippen LogP contribution in [0, 0.1) is 6.92 Å². The minimum absolute atomic E-state index is 0.104. The molecule has 0 spiro atoms. The first-order valence-corrected chi connectivity index (χ1v) is 6.31. The van der Waals surface area contributed by atoms with E-state index in [0.29, 0.717) is 17.9 Å². The molecule has 18 heavy (non-hydrogen) atoms. The van der Waals surface area contributed by atoms with Crippen molar-refractivity contribution < 1.29 is 4.79 Å². The smallest absolute Gasteiger partial charge is 0.270 e. The summed E-state index contributed by atoms with van der Waals surface area (Å²) in [6, 6.07) is 1.63. The number of nitrogens with zero attached hydrogens (tertiary/aromatic N) is 3. The molecule has 0 radical (unpaired) electrons. The van der Waals surface area contributed by atoms with Crippen LogP contribution >= 0.6 is 11.6 Å². The van der Waals surface area contributed by atoms with Gasteiger partial charge in [0.15, 0.2) is 0 Å². The summed E-state index contributed by atoms with van der Waals surface area (Å²) in [5.41, 5.74) is 1.01. The van der Waals surface area contributed by atoms with Crippen LogP contribution in [-0.2, 0) is 0 Å². The second-order valence-electron chi connectivity index (χ2n) is 4.43. The highest BCUT2D eigenvalue weighted by Gasteiger charge is 2.08. The molecule has 0 unspecified atom stereocenters. The fraction of sp³-hybridized carbons (Fsp3) is 0.583. The van der Waals surface area contributed by atoms with Crippen molar-refractivity contribution in [2.45, 2.75) is 19.8 Å². The first-order chi connectivity index (χ1) is 8.49. The fourth-order valence-electron chi connectivity index (χ4n) is 1.49. The SMILES string of the molecule is Cc1cc(C(=O)NCCCCN(C)C)nc(Cl)n1. The number of carbonyl (C=O) groups is 1. The summed E-state index contributed by atoms with van der Waals surface area (Å²) in [5.74, 6) is -0.202. The molecule has 0 atom stereocenters. The molecule has 1 amide bonds. The molecule has 0 saturated carbocycles. The molecule has 1 aromatic rings. The van der Waals surface area contributed by atoms with Gasteiger partial charge in [-0.1, -0.05) is 0 Å². The molecule has 0 bridgehead atoms. The molecule has 0 aliphatic rings. The molecule has 5 nitrogen and oxygen atoms in total. The largest absolute Gasteiger partial charge is 0.351 e. The molecular weight excluding hydrogens is 252 g/mol. The number of aryl methyl sites for hydroxylation is 1. The van der Waals surface area contributed by atoms with Crippen molar-refractivity contribution in [1.29, 1.82) is 0 Å². The molecule has 0 aliphatic carbocycles. The van der Waals surface area contributed by atoms with Crippen molar-refractivity contribution in [2.75, 3.05) is 27.2 Å². The number of carbonyl (C=O) groups excluding carboxylic acids is 1. The predicted molar refractivity (Wildman–Crippen MR) is 71.9 cm³/mol. The molecule has 0 fully saturated rings. The van der Waals surface area contributed by atoms with Gasteiger partial charge in [-0.05, 0) is 58.1 Å². The van der Waals surface area contributed by atoms with E-state index < -0.39 is 0 Å². The summed E-state index contributed by atoms with van der Waals surface area (Å²) >= 11 is 5.71. The topological polar surface area (TPSA) is 58.1 Å². The van der Waals surface area contributed by atoms with E-state index in [4.69, 9.17) is 11.6 Å². The summed E-state index contributed by atoms with van der Waals surface area (Å²) in [5, 5.41) is 2.93.